The molecule has 2 aromatic heterocycles. The number of halogens is 1. The van der Waals surface area contributed by atoms with Gasteiger partial charge in [0, 0.05) is 60.8 Å². The molecule has 6 rings (SSSR count). The van der Waals surface area contributed by atoms with E-state index < -0.39 is 0 Å². The fourth-order valence-electron chi connectivity index (χ4n) is 5.78. The highest BCUT2D eigenvalue weighted by Gasteiger charge is 2.34. The van der Waals surface area contributed by atoms with Gasteiger partial charge in [-0.05, 0) is 48.7 Å². The molecule has 4 aromatic rings. The summed E-state index contributed by atoms with van der Waals surface area (Å²) in [5.74, 6) is 0.00399. The number of nitrogens with zero attached hydrogens (tertiary/aromatic N) is 3. The van der Waals surface area contributed by atoms with Crippen molar-refractivity contribution >= 4 is 40.0 Å². The number of hydrogen-bond donors (Lipinski definition) is 1. The highest BCUT2D eigenvalue weighted by atomic mass is 35.5. The lowest BCUT2D eigenvalue weighted by molar-refractivity contribution is -0.137. The van der Waals surface area contributed by atoms with Gasteiger partial charge < -0.3 is 24.1 Å². The Morgan fingerprint density at radius 1 is 0.923 bits per heavy atom. The smallest absolute Gasteiger partial charge is 0.289 e. The second-order valence-corrected chi connectivity index (χ2v) is 10.6. The summed E-state index contributed by atoms with van der Waals surface area (Å²) in [6.45, 7) is 3.03. The van der Waals surface area contributed by atoms with E-state index in [0.29, 0.717) is 55.7 Å². The molecule has 1 atom stereocenters. The van der Waals surface area contributed by atoms with Crippen molar-refractivity contribution in [2.75, 3.05) is 44.2 Å². The van der Waals surface area contributed by atoms with Crippen molar-refractivity contribution in [1.29, 1.82) is 0 Å². The molecule has 0 bridgehead atoms. The van der Waals surface area contributed by atoms with Crippen molar-refractivity contribution in [1.82, 2.24) is 14.8 Å². The van der Waals surface area contributed by atoms with E-state index >= 15 is 0 Å². The van der Waals surface area contributed by atoms with Gasteiger partial charge in [-0.25, -0.2) is 0 Å². The van der Waals surface area contributed by atoms with Gasteiger partial charge in [-0.15, -0.1) is 0 Å². The van der Waals surface area contributed by atoms with E-state index in [4.69, 9.17) is 16.0 Å². The second-order valence-electron chi connectivity index (χ2n) is 10.1. The quantitative estimate of drug-likeness (QED) is 0.404. The number of piperidine rings is 1. The third-order valence-electron chi connectivity index (χ3n) is 7.71. The fourth-order valence-corrected chi connectivity index (χ4v) is 5.95. The number of nitrogens with one attached hydrogen (secondary N) is 1. The molecule has 2 aliphatic heterocycles. The lowest BCUT2D eigenvalue weighted by Crippen LogP contribution is -2.54. The molecule has 0 radical (unpaired) electrons. The number of carbonyl (C=O) groups is 2. The molecule has 8 nitrogen and oxygen atoms in total. The number of anilines is 1. The Bertz CT molecular complexity index is 1560. The van der Waals surface area contributed by atoms with Crippen LogP contribution in [0.3, 0.4) is 0 Å². The maximum absolute atomic E-state index is 13.6. The largest absolute Gasteiger partial charge is 0.459 e. The van der Waals surface area contributed by atoms with Crippen molar-refractivity contribution in [3.8, 4) is 11.1 Å². The maximum atomic E-state index is 13.6. The number of pyridine rings is 1. The number of aromatic nitrogens is 1. The van der Waals surface area contributed by atoms with Gasteiger partial charge in [0.25, 0.3) is 11.5 Å². The highest BCUT2D eigenvalue weighted by molar-refractivity contribution is 6.31. The van der Waals surface area contributed by atoms with Gasteiger partial charge in [0.2, 0.25) is 5.91 Å². The summed E-state index contributed by atoms with van der Waals surface area (Å²) in [6, 6.07) is 18.7. The molecule has 2 fully saturated rings. The number of carbonyl (C=O) groups excluding carboxylic acids is 2. The van der Waals surface area contributed by atoms with Crippen LogP contribution in [0.4, 0.5) is 5.69 Å². The molecule has 2 aliphatic rings. The van der Waals surface area contributed by atoms with E-state index in [1.54, 1.807) is 23.1 Å². The van der Waals surface area contributed by atoms with Gasteiger partial charge in [0.15, 0.2) is 5.76 Å². The van der Waals surface area contributed by atoms with Crippen LogP contribution in [0, 0.1) is 5.92 Å². The normalized spacial score (nSPS) is 18.0. The Hall–Kier alpha value is -4.04. The van der Waals surface area contributed by atoms with Gasteiger partial charge in [-0.1, -0.05) is 41.9 Å². The minimum atomic E-state index is -0.232. The highest BCUT2D eigenvalue weighted by Crippen LogP contribution is 2.37. The molecule has 1 unspecified atom stereocenters. The molecule has 0 spiro atoms. The van der Waals surface area contributed by atoms with E-state index in [2.05, 4.69) is 9.88 Å². The molecule has 0 aliphatic carbocycles. The van der Waals surface area contributed by atoms with Crippen LogP contribution in [0.1, 0.15) is 23.4 Å². The second kappa shape index (κ2) is 10.6. The average Bonchev–Trinajstić information content (AvgIpc) is 3.52. The zero-order valence-electron chi connectivity index (χ0n) is 21.4. The number of H-pyrrole nitrogens is 1. The van der Waals surface area contributed by atoms with Gasteiger partial charge in [0.1, 0.15) is 5.69 Å². The third-order valence-corrected chi connectivity index (χ3v) is 7.95. The summed E-state index contributed by atoms with van der Waals surface area (Å²) in [5, 5.41) is 1.46. The molecule has 2 amide bonds. The Morgan fingerprint density at radius 2 is 1.69 bits per heavy atom. The van der Waals surface area contributed by atoms with E-state index in [-0.39, 0.29) is 23.3 Å². The molecular formula is C30H29ClN4O4. The van der Waals surface area contributed by atoms with Crippen molar-refractivity contribution < 1.29 is 14.0 Å². The predicted octanol–water partition coefficient (Wildman–Crippen LogP) is 4.64. The molecule has 9 heteroatoms. The van der Waals surface area contributed by atoms with Crippen LogP contribution in [0.15, 0.2) is 76.1 Å². The van der Waals surface area contributed by atoms with Gasteiger partial charge in [-0.3, -0.25) is 14.4 Å². The van der Waals surface area contributed by atoms with E-state index in [0.717, 1.165) is 34.9 Å². The first-order chi connectivity index (χ1) is 19.0. The number of hydrogen-bond acceptors (Lipinski definition) is 5. The molecule has 1 N–H and O–H groups in total. The molecule has 2 aromatic carbocycles. The Balaban J connectivity index is 1.25. The Kier molecular flexibility index (Phi) is 6.87. The lowest BCUT2D eigenvalue weighted by atomic mass is 9.93. The number of furan rings is 1. The van der Waals surface area contributed by atoms with Gasteiger partial charge in [-0.2, -0.15) is 0 Å². The topological polar surface area (TPSA) is 89.9 Å². The monoisotopic (exact) mass is 544 g/mol. The first-order valence-corrected chi connectivity index (χ1v) is 13.6. The Morgan fingerprint density at radius 3 is 2.44 bits per heavy atom. The van der Waals surface area contributed by atoms with Crippen LogP contribution >= 0.6 is 11.6 Å². The van der Waals surface area contributed by atoms with Gasteiger partial charge in [0.05, 0.1) is 12.2 Å². The van der Waals surface area contributed by atoms with E-state index in [1.807, 2.05) is 47.4 Å². The molecule has 2 saturated heterocycles. The molecular weight excluding hydrogens is 516 g/mol. The fraction of sp³-hybridized carbons (Fsp3) is 0.300. The minimum absolute atomic E-state index is 0.0753. The van der Waals surface area contributed by atoms with Crippen molar-refractivity contribution in [2.24, 2.45) is 5.92 Å². The van der Waals surface area contributed by atoms with Crippen LogP contribution in [-0.4, -0.2) is 65.9 Å². The number of fused-ring (bicyclic) bond motifs is 1. The van der Waals surface area contributed by atoms with Gasteiger partial charge >= 0.3 is 0 Å². The number of benzene rings is 2. The first kappa shape index (κ1) is 25.2. The molecule has 39 heavy (non-hydrogen) atoms. The standard InChI is InChI=1S/C30H29ClN4O4/c31-22-10-11-24-23(18-22)26(20-6-2-1-3-7-20)27(28(36)32-24)35-12-4-8-21(19-35)29(37)33-13-15-34(16-14-33)30(38)25-9-5-17-39-25/h1-3,5-7,9-11,17-18,21H,4,8,12-16,19H2,(H,32,36). The van der Waals surface area contributed by atoms with Crippen LogP contribution in [-0.2, 0) is 4.79 Å². The van der Waals surface area contributed by atoms with Crippen molar-refractivity contribution in [3.05, 3.63) is 88.1 Å². The SMILES string of the molecule is O=C(c1ccco1)N1CCN(C(=O)C2CCCN(c3c(-c4ccccc4)c4cc(Cl)ccc4[nH]c3=O)C2)CC1. The first-order valence-electron chi connectivity index (χ1n) is 13.3. The van der Waals surface area contributed by atoms with Crippen LogP contribution in [0.5, 0.6) is 0 Å². The molecule has 0 saturated carbocycles. The molecule has 200 valence electrons. The average molecular weight is 545 g/mol. The number of rotatable bonds is 4. The van der Waals surface area contributed by atoms with E-state index in [9.17, 15) is 14.4 Å². The van der Waals surface area contributed by atoms with Crippen molar-refractivity contribution in [2.45, 2.75) is 12.8 Å². The van der Waals surface area contributed by atoms with Crippen LogP contribution < -0.4 is 10.5 Å². The van der Waals surface area contributed by atoms with Crippen molar-refractivity contribution in [3.63, 3.8) is 0 Å². The van der Waals surface area contributed by atoms with Crippen LogP contribution in [0.25, 0.3) is 22.0 Å². The third kappa shape index (κ3) is 4.92. The minimum Gasteiger partial charge on any atom is -0.459 e. The summed E-state index contributed by atoms with van der Waals surface area (Å²) < 4.78 is 5.24. The lowest BCUT2D eigenvalue weighted by Gasteiger charge is -2.39. The van der Waals surface area contributed by atoms with E-state index in [1.165, 1.54) is 6.26 Å². The predicted molar refractivity (Wildman–Crippen MR) is 151 cm³/mol. The maximum Gasteiger partial charge on any atom is 0.289 e. The number of aromatic amines is 1. The number of amides is 2. The zero-order chi connectivity index (χ0) is 26.9. The summed E-state index contributed by atoms with van der Waals surface area (Å²) in [4.78, 5) is 48.4. The molecule has 4 heterocycles. The van der Waals surface area contributed by atoms with Crippen LogP contribution in [0.2, 0.25) is 5.02 Å². The summed E-state index contributed by atoms with van der Waals surface area (Å²) in [6.07, 6.45) is 3.05. The summed E-state index contributed by atoms with van der Waals surface area (Å²) >= 11 is 6.38. The summed E-state index contributed by atoms with van der Waals surface area (Å²) in [7, 11) is 0. The zero-order valence-corrected chi connectivity index (χ0v) is 22.2. The summed E-state index contributed by atoms with van der Waals surface area (Å²) in [5.41, 5.74) is 2.87. The Labute approximate surface area is 230 Å². The number of piperazine rings is 1.